The lowest BCUT2D eigenvalue weighted by Crippen LogP contribution is -2.48. The van der Waals surface area contributed by atoms with E-state index in [1.165, 1.54) is 51.0 Å². The van der Waals surface area contributed by atoms with Gasteiger partial charge in [0.2, 0.25) is 10.0 Å². The summed E-state index contributed by atoms with van der Waals surface area (Å²) in [6, 6.07) is 10.3. The fraction of sp³-hybridized carbons (Fsp3) is 0.417. The summed E-state index contributed by atoms with van der Waals surface area (Å²) in [4.78, 5) is 18.1. The molecule has 4 rings (SSSR count). The van der Waals surface area contributed by atoms with Crippen molar-refractivity contribution < 1.29 is 17.9 Å². The number of hydrogen-bond donors (Lipinski definition) is 0. The van der Waals surface area contributed by atoms with Gasteiger partial charge in [-0.25, -0.2) is 8.42 Å². The van der Waals surface area contributed by atoms with Gasteiger partial charge < -0.3 is 9.30 Å². The highest BCUT2D eigenvalue weighted by Crippen LogP contribution is 2.23. The Morgan fingerprint density at radius 3 is 2.30 bits per heavy atom. The van der Waals surface area contributed by atoms with Crippen molar-refractivity contribution in [3.8, 4) is 0 Å². The van der Waals surface area contributed by atoms with Crippen molar-refractivity contribution in [3.05, 3.63) is 57.9 Å². The van der Waals surface area contributed by atoms with Crippen LogP contribution in [0.4, 0.5) is 0 Å². The first-order valence-electron chi connectivity index (χ1n) is 11.1. The van der Waals surface area contributed by atoms with E-state index in [0.29, 0.717) is 30.0 Å². The van der Waals surface area contributed by atoms with Crippen molar-refractivity contribution in [2.24, 2.45) is 4.99 Å². The van der Waals surface area contributed by atoms with E-state index in [2.05, 4.69) is 31.0 Å². The van der Waals surface area contributed by atoms with Gasteiger partial charge >= 0.3 is 0 Å². The first-order chi connectivity index (χ1) is 15.6. The Morgan fingerprint density at radius 2 is 1.70 bits per heavy atom. The maximum Gasteiger partial charge on any atom is 0.279 e. The summed E-state index contributed by atoms with van der Waals surface area (Å²) < 4.78 is 36.3. The molecular formula is C24H29N3O4S2. The number of thiazole rings is 1. The van der Waals surface area contributed by atoms with E-state index in [4.69, 9.17) is 4.74 Å². The average molecular weight is 488 g/mol. The van der Waals surface area contributed by atoms with E-state index < -0.39 is 15.9 Å². The number of morpholine rings is 1. The quantitative estimate of drug-likeness (QED) is 0.559. The van der Waals surface area contributed by atoms with E-state index >= 15 is 0 Å². The molecule has 1 fully saturated rings. The second-order valence-electron chi connectivity index (χ2n) is 8.55. The van der Waals surface area contributed by atoms with Crippen LogP contribution in [0.25, 0.3) is 10.2 Å². The smallest absolute Gasteiger partial charge is 0.279 e. The number of rotatable bonds is 4. The van der Waals surface area contributed by atoms with E-state index in [0.717, 1.165) is 10.2 Å². The van der Waals surface area contributed by atoms with Crippen molar-refractivity contribution in [1.82, 2.24) is 8.87 Å². The van der Waals surface area contributed by atoms with Gasteiger partial charge in [0, 0.05) is 25.2 Å². The van der Waals surface area contributed by atoms with E-state index in [1.807, 2.05) is 25.3 Å². The molecule has 1 amide bonds. The predicted molar refractivity (Wildman–Crippen MR) is 130 cm³/mol. The molecule has 9 heteroatoms. The normalized spacial score (nSPS) is 20.5. The Labute approximate surface area is 198 Å². The fourth-order valence-corrected chi connectivity index (χ4v) is 6.87. The highest BCUT2D eigenvalue weighted by atomic mass is 32.2. The van der Waals surface area contributed by atoms with Gasteiger partial charge in [0.05, 0.1) is 27.3 Å². The second kappa shape index (κ2) is 9.13. The zero-order chi connectivity index (χ0) is 23.9. The lowest BCUT2D eigenvalue weighted by molar-refractivity contribution is -0.0440. The van der Waals surface area contributed by atoms with Gasteiger partial charge in [-0.3, -0.25) is 4.79 Å². The van der Waals surface area contributed by atoms with Crippen LogP contribution < -0.4 is 4.80 Å². The number of aryl methyl sites for hydroxylation is 3. The third-order valence-electron chi connectivity index (χ3n) is 5.94. The molecule has 1 aliphatic rings. The molecule has 1 saturated heterocycles. The maximum atomic E-state index is 13.0. The average Bonchev–Trinajstić information content (AvgIpc) is 3.09. The number of nitrogens with zero attached hydrogens (tertiary/aromatic N) is 3. The molecule has 0 aliphatic carbocycles. The molecule has 0 radical (unpaired) electrons. The van der Waals surface area contributed by atoms with Crippen LogP contribution in [0.2, 0.25) is 0 Å². The minimum absolute atomic E-state index is 0.164. The highest BCUT2D eigenvalue weighted by molar-refractivity contribution is 7.89. The highest BCUT2D eigenvalue weighted by Gasteiger charge is 2.32. The van der Waals surface area contributed by atoms with Gasteiger partial charge in [0.1, 0.15) is 0 Å². The van der Waals surface area contributed by atoms with Crippen LogP contribution in [0.15, 0.2) is 46.3 Å². The second-order valence-corrected chi connectivity index (χ2v) is 11.5. The van der Waals surface area contributed by atoms with Crippen molar-refractivity contribution in [2.75, 3.05) is 13.1 Å². The third-order valence-corrected chi connectivity index (χ3v) is 8.82. The molecule has 1 aliphatic heterocycles. The number of amides is 1. The standard InChI is InChI=1S/C24H29N3O4S2/c1-6-27-21-11-15(2)16(3)12-22(21)32-24(27)25-23(28)19-7-9-20(10-8-19)33(29,30)26-13-17(4)31-18(5)14-26/h7-12,17-18H,6,13-14H2,1-5H3. The molecule has 0 N–H and O–H groups in total. The number of carbonyl (C=O) groups is 1. The predicted octanol–water partition coefficient (Wildman–Crippen LogP) is 3.88. The maximum absolute atomic E-state index is 13.0. The van der Waals surface area contributed by atoms with Crippen LogP contribution in [0.3, 0.4) is 0 Å². The van der Waals surface area contributed by atoms with Gasteiger partial charge in [0.25, 0.3) is 5.91 Å². The Bertz CT molecular complexity index is 1360. The van der Waals surface area contributed by atoms with Crippen molar-refractivity contribution in [3.63, 3.8) is 0 Å². The van der Waals surface area contributed by atoms with Crippen LogP contribution in [0.5, 0.6) is 0 Å². The van der Waals surface area contributed by atoms with Gasteiger partial charge in [-0.1, -0.05) is 11.3 Å². The Balaban J connectivity index is 1.64. The fourth-order valence-electron chi connectivity index (χ4n) is 4.11. The van der Waals surface area contributed by atoms with Crippen molar-refractivity contribution in [1.29, 1.82) is 0 Å². The van der Waals surface area contributed by atoms with Crippen LogP contribution in [-0.2, 0) is 21.3 Å². The number of ether oxygens (including phenoxy) is 1. The molecule has 176 valence electrons. The number of benzene rings is 2. The van der Waals surface area contributed by atoms with Crippen LogP contribution in [0.1, 0.15) is 42.3 Å². The summed E-state index contributed by atoms with van der Waals surface area (Å²) >= 11 is 1.48. The molecule has 0 spiro atoms. The van der Waals surface area contributed by atoms with Crippen molar-refractivity contribution in [2.45, 2.75) is 58.3 Å². The monoisotopic (exact) mass is 487 g/mol. The zero-order valence-corrected chi connectivity index (χ0v) is 21.2. The molecule has 7 nitrogen and oxygen atoms in total. The summed E-state index contributed by atoms with van der Waals surface area (Å²) in [5, 5.41) is 0. The third kappa shape index (κ3) is 4.68. The van der Waals surface area contributed by atoms with Gasteiger partial charge in [-0.15, -0.1) is 0 Å². The molecule has 0 saturated carbocycles. The van der Waals surface area contributed by atoms with Crippen LogP contribution in [-0.4, -0.2) is 48.5 Å². The number of sulfonamides is 1. The SMILES string of the molecule is CCn1c(=NC(=O)c2ccc(S(=O)(=O)N3CC(C)OC(C)C3)cc2)sc2cc(C)c(C)cc21. The zero-order valence-electron chi connectivity index (χ0n) is 19.5. The molecular weight excluding hydrogens is 458 g/mol. The first kappa shape index (κ1) is 23.8. The summed E-state index contributed by atoms with van der Waals surface area (Å²) in [5.74, 6) is -0.394. The van der Waals surface area contributed by atoms with Crippen LogP contribution in [0, 0.1) is 13.8 Å². The van der Waals surface area contributed by atoms with E-state index in [9.17, 15) is 13.2 Å². The molecule has 2 heterocycles. The molecule has 0 bridgehead atoms. The van der Waals surface area contributed by atoms with Crippen LogP contribution >= 0.6 is 11.3 Å². The summed E-state index contributed by atoms with van der Waals surface area (Å²) in [6.45, 7) is 11.2. The van der Waals surface area contributed by atoms with Crippen molar-refractivity contribution >= 4 is 37.5 Å². The molecule has 3 aromatic rings. The Morgan fingerprint density at radius 1 is 1.09 bits per heavy atom. The lowest BCUT2D eigenvalue weighted by atomic mass is 10.1. The number of fused-ring (bicyclic) bond motifs is 1. The minimum Gasteiger partial charge on any atom is -0.373 e. The number of hydrogen-bond acceptors (Lipinski definition) is 5. The lowest BCUT2D eigenvalue weighted by Gasteiger charge is -2.34. The Kier molecular flexibility index (Phi) is 6.59. The summed E-state index contributed by atoms with van der Waals surface area (Å²) in [5.41, 5.74) is 3.81. The molecule has 2 atom stereocenters. The number of aromatic nitrogens is 1. The van der Waals surface area contributed by atoms with Gasteiger partial charge in [-0.05, 0) is 82.1 Å². The van der Waals surface area contributed by atoms with E-state index in [1.54, 1.807) is 0 Å². The number of carbonyl (C=O) groups excluding carboxylic acids is 1. The van der Waals surface area contributed by atoms with Gasteiger partial charge in [-0.2, -0.15) is 9.30 Å². The first-order valence-corrected chi connectivity index (χ1v) is 13.3. The Hall–Kier alpha value is -2.33. The summed E-state index contributed by atoms with van der Waals surface area (Å²) in [6.07, 6.45) is -0.329. The molecule has 2 unspecified atom stereocenters. The molecule has 2 aromatic carbocycles. The summed E-state index contributed by atoms with van der Waals surface area (Å²) in [7, 11) is -3.66. The van der Waals surface area contributed by atoms with E-state index in [-0.39, 0.29) is 17.1 Å². The topological polar surface area (TPSA) is 81.0 Å². The molecule has 33 heavy (non-hydrogen) atoms. The minimum atomic E-state index is -3.66. The van der Waals surface area contributed by atoms with Gasteiger partial charge in [0.15, 0.2) is 4.80 Å². The molecule has 1 aromatic heterocycles. The largest absolute Gasteiger partial charge is 0.373 e.